The molecule has 24 heavy (non-hydrogen) atoms. The Bertz CT molecular complexity index is 845. The van der Waals surface area contributed by atoms with E-state index in [4.69, 9.17) is 4.74 Å². The van der Waals surface area contributed by atoms with Crippen LogP contribution in [-0.2, 0) is 16.0 Å². The summed E-state index contributed by atoms with van der Waals surface area (Å²) in [5.41, 5.74) is 2.56. The van der Waals surface area contributed by atoms with Crippen molar-refractivity contribution in [1.29, 1.82) is 0 Å². The molecule has 3 rings (SSSR count). The second-order valence-electron chi connectivity index (χ2n) is 5.52. The normalized spacial score (nSPS) is 12.8. The van der Waals surface area contributed by atoms with E-state index in [1.807, 2.05) is 0 Å². The first-order valence-corrected chi connectivity index (χ1v) is 7.44. The van der Waals surface area contributed by atoms with Crippen molar-refractivity contribution in [1.82, 2.24) is 0 Å². The lowest BCUT2D eigenvalue weighted by Crippen LogP contribution is -2.20. The number of hydrogen-bond acceptors (Lipinski definition) is 4. The molecule has 0 saturated heterocycles. The molecular formula is C18H16N2O4. The maximum Gasteiger partial charge on any atom is 0.308 e. The molecule has 0 aromatic heterocycles. The lowest BCUT2D eigenvalue weighted by atomic mass is 10.1. The average molecular weight is 324 g/mol. The van der Waals surface area contributed by atoms with Gasteiger partial charge in [0.25, 0.3) is 5.91 Å². The molecule has 0 saturated carbocycles. The van der Waals surface area contributed by atoms with Gasteiger partial charge in [0.15, 0.2) is 0 Å². The highest BCUT2D eigenvalue weighted by atomic mass is 16.5. The quantitative estimate of drug-likeness (QED) is 0.695. The molecule has 0 radical (unpaired) electrons. The van der Waals surface area contributed by atoms with Gasteiger partial charge in [-0.1, -0.05) is 12.1 Å². The fraction of sp³-hybridized carbons (Fsp3) is 0.167. The first-order chi connectivity index (χ1) is 11.5. The molecule has 0 unspecified atom stereocenters. The minimum atomic E-state index is -0.491. The molecule has 0 fully saturated rings. The lowest BCUT2D eigenvalue weighted by Gasteiger charge is -2.12. The average Bonchev–Trinajstić information content (AvgIpc) is 2.81. The van der Waals surface area contributed by atoms with Gasteiger partial charge in [-0.3, -0.25) is 14.4 Å². The van der Waals surface area contributed by atoms with Crippen molar-refractivity contribution in [3.8, 4) is 5.75 Å². The monoisotopic (exact) mass is 324 g/mol. The number of para-hydroxylation sites is 1. The first kappa shape index (κ1) is 15.7. The molecule has 122 valence electrons. The number of fused-ring (bicyclic) bond motifs is 1. The molecule has 1 aliphatic rings. The minimum Gasteiger partial charge on any atom is -0.426 e. The van der Waals surface area contributed by atoms with Gasteiger partial charge in [-0.15, -0.1) is 0 Å². The lowest BCUT2D eigenvalue weighted by molar-refractivity contribution is -0.131. The molecule has 0 spiro atoms. The summed E-state index contributed by atoms with van der Waals surface area (Å²) in [7, 11) is 1.72. The van der Waals surface area contributed by atoms with Crippen LogP contribution in [0.2, 0.25) is 0 Å². The first-order valence-electron chi connectivity index (χ1n) is 7.44. The van der Waals surface area contributed by atoms with E-state index < -0.39 is 5.97 Å². The van der Waals surface area contributed by atoms with E-state index in [-0.39, 0.29) is 23.1 Å². The van der Waals surface area contributed by atoms with Crippen LogP contribution >= 0.6 is 0 Å². The number of amides is 2. The number of nitrogens with zero attached hydrogens (tertiary/aromatic N) is 1. The highest BCUT2D eigenvalue weighted by molar-refractivity contribution is 6.07. The molecule has 2 aromatic carbocycles. The molecule has 6 heteroatoms. The number of anilines is 2. The van der Waals surface area contributed by atoms with E-state index >= 15 is 0 Å². The number of likely N-dealkylation sites (N-methyl/N-ethyl adjacent to an activating group) is 1. The van der Waals surface area contributed by atoms with E-state index in [1.165, 1.54) is 6.92 Å². The predicted molar refractivity (Wildman–Crippen MR) is 89.3 cm³/mol. The van der Waals surface area contributed by atoms with E-state index in [9.17, 15) is 14.4 Å². The van der Waals surface area contributed by atoms with Crippen LogP contribution in [0.15, 0.2) is 42.5 Å². The fourth-order valence-corrected chi connectivity index (χ4v) is 2.64. The molecule has 1 N–H and O–H groups in total. The van der Waals surface area contributed by atoms with E-state index in [0.29, 0.717) is 12.1 Å². The number of ether oxygens (including phenoxy) is 1. The second-order valence-corrected chi connectivity index (χ2v) is 5.52. The Morgan fingerprint density at radius 2 is 1.92 bits per heavy atom. The Kier molecular flexibility index (Phi) is 4.04. The van der Waals surface area contributed by atoms with E-state index in [2.05, 4.69) is 5.32 Å². The second kappa shape index (κ2) is 6.16. The Labute approximate surface area is 139 Å². The number of benzene rings is 2. The highest BCUT2D eigenvalue weighted by Crippen LogP contribution is 2.30. The van der Waals surface area contributed by atoms with Crippen LogP contribution in [-0.4, -0.2) is 24.8 Å². The van der Waals surface area contributed by atoms with Gasteiger partial charge in [0.05, 0.1) is 12.0 Å². The van der Waals surface area contributed by atoms with Gasteiger partial charge < -0.3 is 15.0 Å². The summed E-state index contributed by atoms with van der Waals surface area (Å²) in [6, 6.07) is 11.8. The van der Waals surface area contributed by atoms with Crippen molar-refractivity contribution in [3.63, 3.8) is 0 Å². The maximum atomic E-state index is 12.5. The largest absolute Gasteiger partial charge is 0.426 e. The molecule has 2 aromatic rings. The Balaban J connectivity index is 1.83. The summed E-state index contributed by atoms with van der Waals surface area (Å²) in [5.74, 6) is -0.647. The van der Waals surface area contributed by atoms with Crippen LogP contribution in [0, 0.1) is 0 Å². The third kappa shape index (κ3) is 2.99. The van der Waals surface area contributed by atoms with Gasteiger partial charge in [-0.25, -0.2) is 0 Å². The zero-order chi connectivity index (χ0) is 17.3. The van der Waals surface area contributed by atoms with E-state index in [1.54, 1.807) is 54.4 Å². The summed E-state index contributed by atoms with van der Waals surface area (Å²) < 4.78 is 5.06. The number of hydrogen-bond donors (Lipinski definition) is 1. The molecular weight excluding hydrogens is 308 g/mol. The molecule has 0 atom stereocenters. The number of rotatable bonds is 3. The van der Waals surface area contributed by atoms with Gasteiger partial charge in [-0.05, 0) is 35.9 Å². The summed E-state index contributed by atoms with van der Waals surface area (Å²) in [4.78, 5) is 36.9. The third-order valence-electron chi connectivity index (χ3n) is 3.80. The molecule has 1 aliphatic heterocycles. The number of esters is 1. The summed E-state index contributed by atoms with van der Waals surface area (Å²) in [6.07, 6.45) is 0.319. The van der Waals surface area contributed by atoms with Crippen LogP contribution in [0.1, 0.15) is 22.8 Å². The zero-order valence-corrected chi connectivity index (χ0v) is 13.3. The predicted octanol–water partition coefficient (Wildman–Crippen LogP) is 2.38. The van der Waals surface area contributed by atoms with Crippen LogP contribution in [0.5, 0.6) is 5.75 Å². The minimum absolute atomic E-state index is 0.0219. The van der Waals surface area contributed by atoms with Crippen LogP contribution in [0.3, 0.4) is 0 Å². The summed E-state index contributed by atoms with van der Waals surface area (Å²) >= 11 is 0. The summed E-state index contributed by atoms with van der Waals surface area (Å²) in [5, 5.41) is 2.77. The van der Waals surface area contributed by atoms with Gasteiger partial charge in [0.1, 0.15) is 5.75 Å². The molecule has 2 amide bonds. The van der Waals surface area contributed by atoms with Gasteiger partial charge in [-0.2, -0.15) is 0 Å². The van der Waals surface area contributed by atoms with Crippen LogP contribution < -0.4 is 15.0 Å². The Morgan fingerprint density at radius 3 is 2.67 bits per heavy atom. The number of nitrogens with one attached hydrogen (secondary N) is 1. The SMILES string of the molecule is CC(=O)Oc1ccccc1C(=O)Nc1ccc2c(c1)CC(=O)N2C. The van der Waals surface area contributed by atoms with Crippen molar-refractivity contribution < 1.29 is 19.1 Å². The van der Waals surface area contributed by atoms with Gasteiger partial charge in [0, 0.05) is 25.3 Å². The van der Waals surface area contributed by atoms with Crippen LogP contribution in [0.4, 0.5) is 11.4 Å². The molecule has 1 heterocycles. The number of carbonyl (C=O) groups is 3. The standard InChI is InChI=1S/C18H16N2O4/c1-11(21)24-16-6-4-3-5-14(16)18(23)19-13-7-8-15-12(9-13)10-17(22)20(15)2/h3-9H,10H2,1-2H3,(H,19,23). The topological polar surface area (TPSA) is 75.7 Å². The number of carbonyl (C=O) groups excluding carboxylic acids is 3. The van der Waals surface area contributed by atoms with Crippen LogP contribution in [0.25, 0.3) is 0 Å². The van der Waals surface area contributed by atoms with E-state index in [0.717, 1.165) is 11.3 Å². The van der Waals surface area contributed by atoms with Crippen molar-refractivity contribution in [2.75, 3.05) is 17.3 Å². The highest BCUT2D eigenvalue weighted by Gasteiger charge is 2.24. The Hall–Kier alpha value is -3.15. The van der Waals surface area contributed by atoms with Crippen molar-refractivity contribution >= 4 is 29.2 Å². The van der Waals surface area contributed by atoms with Crippen molar-refractivity contribution in [3.05, 3.63) is 53.6 Å². The fourth-order valence-electron chi connectivity index (χ4n) is 2.64. The molecule has 0 bridgehead atoms. The smallest absolute Gasteiger partial charge is 0.308 e. The molecule has 6 nitrogen and oxygen atoms in total. The van der Waals surface area contributed by atoms with Gasteiger partial charge in [0.2, 0.25) is 5.91 Å². The maximum absolute atomic E-state index is 12.5. The van der Waals surface area contributed by atoms with Crippen molar-refractivity contribution in [2.45, 2.75) is 13.3 Å². The summed E-state index contributed by atoms with van der Waals surface area (Å²) in [6.45, 7) is 1.28. The van der Waals surface area contributed by atoms with Crippen molar-refractivity contribution in [2.24, 2.45) is 0 Å². The third-order valence-corrected chi connectivity index (χ3v) is 3.80. The Morgan fingerprint density at radius 1 is 1.17 bits per heavy atom. The van der Waals surface area contributed by atoms with Gasteiger partial charge >= 0.3 is 5.97 Å². The molecule has 0 aliphatic carbocycles. The zero-order valence-electron chi connectivity index (χ0n) is 13.3.